The van der Waals surface area contributed by atoms with Crippen LogP contribution in [0, 0.1) is 11.8 Å². The maximum atomic E-state index is 13.0. The standard InChI is InChI=1S/C66H128O17P2/c1-7-9-11-13-15-16-24-32-38-44-50-65(70)82-61(54-76-63(68)48-42-36-28-14-12-10-8-2)56-80-84(72,73)78-52-60(67)53-79-85(74,75)81-57-62(55-77-64(69)49-43-37-31-27-26-30-35-41-47-59(5)6)83-66(71)51-45-39-33-25-22-20-18-17-19-21-23-29-34-40-46-58(3)4/h58-62,67H,7-57H2,1-6H3,(H,72,73)(H,74,75)/t60-,61+,62+/m0/s1. The predicted molar refractivity (Wildman–Crippen MR) is 340 cm³/mol. The van der Waals surface area contributed by atoms with E-state index in [-0.39, 0.29) is 25.7 Å². The van der Waals surface area contributed by atoms with Gasteiger partial charge in [-0.25, -0.2) is 9.13 Å². The van der Waals surface area contributed by atoms with Crippen molar-refractivity contribution in [1.29, 1.82) is 0 Å². The molecule has 0 aliphatic rings. The van der Waals surface area contributed by atoms with Crippen LogP contribution in [0.15, 0.2) is 0 Å². The average molecular weight is 1260 g/mol. The van der Waals surface area contributed by atoms with E-state index < -0.39 is 97.5 Å². The number of aliphatic hydroxyl groups excluding tert-OH is 1. The minimum atomic E-state index is -4.95. The van der Waals surface area contributed by atoms with E-state index in [1.54, 1.807) is 0 Å². The van der Waals surface area contributed by atoms with Crippen molar-refractivity contribution in [1.82, 2.24) is 0 Å². The third-order valence-electron chi connectivity index (χ3n) is 15.2. The second-order valence-corrected chi connectivity index (χ2v) is 27.7. The van der Waals surface area contributed by atoms with Crippen LogP contribution in [0.4, 0.5) is 0 Å². The number of carbonyl (C=O) groups is 4. The number of ether oxygens (including phenoxy) is 4. The first kappa shape index (κ1) is 83.1. The fourth-order valence-electron chi connectivity index (χ4n) is 9.88. The Hall–Kier alpha value is -1.94. The van der Waals surface area contributed by atoms with Crippen LogP contribution >= 0.6 is 15.6 Å². The molecule has 0 fully saturated rings. The van der Waals surface area contributed by atoms with Crippen molar-refractivity contribution in [3.63, 3.8) is 0 Å². The van der Waals surface area contributed by atoms with Crippen LogP contribution in [0.1, 0.15) is 330 Å². The topological polar surface area (TPSA) is 237 Å². The lowest BCUT2D eigenvalue weighted by atomic mass is 10.0. The number of rotatable bonds is 65. The second kappa shape index (κ2) is 58.4. The Bertz CT molecular complexity index is 1670. The van der Waals surface area contributed by atoms with E-state index in [0.29, 0.717) is 25.7 Å². The number of carbonyl (C=O) groups excluding carboxylic acids is 4. The van der Waals surface area contributed by atoms with E-state index in [4.69, 9.17) is 37.0 Å². The van der Waals surface area contributed by atoms with E-state index in [0.717, 1.165) is 115 Å². The highest BCUT2D eigenvalue weighted by Crippen LogP contribution is 2.45. The molecule has 0 saturated heterocycles. The van der Waals surface area contributed by atoms with Crippen molar-refractivity contribution in [2.45, 2.75) is 349 Å². The van der Waals surface area contributed by atoms with Crippen LogP contribution in [-0.4, -0.2) is 96.7 Å². The monoisotopic (exact) mass is 1250 g/mol. The Morgan fingerprint density at radius 2 is 0.541 bits per heavy atom. The van der Waals surface area contributed by atoms with Crippen LogP contribution in [0.25, 0.3) is 0 Å². The van der Waals surface area contributed by atoms with E-state index in [1.807, 2.05) is 0 Å². The van der Waals surface area contributed by atoms with E-state index in [1.165, 1.54) is 135 Å². The number of phosphoric ester groups is 2. The number of phosphoric acid groups is 2. The lowest BCUT2D eigenvalue weighted by molar-refractivity contribution is -0.161. The largest absolute Gasteiger partial charge is 0.472 e. The second-order valence-electron chi connectivity index (χ2n) is 24.8. The summed E-state index contributed by atoms with van der Waals surface area (Å²) in [6, 6.07) is 0. The van der Waals surface area contributed by atoms with Gasteiger partial charge in [0.2, 0.25) is 0 Å². The molecule has 504 valence electrons. The maximum absolute atomic E-state index is 13.0. The summed E-state index contributed by atoms with van der Waals surface area (Å²) in [4.78, 5) is 72.2. The molecule has 0 radical (unpaired) electrons. The highest BCUT2D eigenvalue weighted by atomic mass is 31.2. The predicted octanol–water partition coefficient (Wildman–Crippen LogP) is 18.4. The van der Waals surface area contributed by atoms with Gasteiger partial charge >= 0.3 is 39.5 Å². The molecule has 0 heterocycles. The summed E-state index contributed by atoms with van der Waals surface area (Å²) in [5, 5.41) is 10.5. The van der Waals surface area contributed by atoms with Crippen molar-refractivity contribution in [3.8, 4) is 0 Å². The van der Waals surface area contributed by atoms with E-state index >= 15 is 0 Å². The highest BCUT2D eigenvalue weighted by molar-refractivity contribution is 7.47. The van der Waals surface area contributed by atoms with Gasteiger partial charge in [0, 0.05) is 25.7 Å². The zero-order chi connectivity index (χ0) is 62.9. The van der Waals surface area contributed by atoms with Gasteiger partial charge in [0.1, 0.15) is 19.3 Å². The average Bonchev–Trinajstić information content (AvgIpc) is 3.61. The molecule has 0 aromatic carbocycles. The summed E-state index contributed by atoms with van der Waals surface area (Å²) >= 11 is 0. The van der Waals surface area contributed by atoms with Crippen LogP contribution < -0.4 is 0 Å². The molecule has 0 amide bonds. The Morgan fingerprint density at radius 3 is 0.800 bits per heavy atom. The Labute approximate surface area is 517 Å². The molecule has 17 nitrogen and oxygen atoms in total. The number of unbranched alkanes of at least 4 members (excludes halogenated alkanes) is 35. The Kier molecular flexibility index (Phi) is 57.1. The van der Waals surface area contributed by atoms with Crippen molar-refractivity contribution < 1.29 is 80.2 Å². The van der Waals surface area contributed by atoms with Crippen LogP contribution in [0.3, 0.4) is 0 Å². The summed E-state index contributed by atoms with van der Waals surface area (Å²) in [5.74, 6) is -0.614. The van der Waals surface area contributed by atoms with Crippen molar-refractivity contribution in [3.05, 3.63) is 0 Å². The minimum Gasteiger partial charge on any atom is -0.462 e. The molecule has 0 spiro atoms. The molecule has 2 unspecified atom stereocenters. The van der Waals surface area contributed by atoms with Gasteiger partial charge in [-0.3, -0.25) is 37.3 Å². The molecule has 5 atom stereocenters. The fraction of sp³-hybridized carbons (Fsp3) is 0.939. The quantitative estimate of drug-likeness (QED) is 0.0222. The van der Waals surface area contributed by atoms with Crippen molar-refractivity contribution in [2.24, 2.45) is 11.8 Å². The Balaban J connectivity index is 5.19. The maximum Gasteiger partial charge on any atom is 0.472 e. The van der Waals surface area contributed by atoms with Crippen LogP contribution in [-0.2, 0) is 65.4 Å². The molecule has 0 aliphatic heterocycles. The molecular formula is C66H128O17P2. The molecule has 3 N–H and O–H groups in total. The van der Waals surface area contributed by atoms with Crippen LogP contribution in [0.5, 0.6) is 0 Å². The van der Waals surface area contributed by atoms with Gasteiger partial charge < -0.3 is 33.8 Å². The molecular weight excluding hydrogens is 1130 g/mol. The van der Waals surface area contributed by atoms with Crippen LogP contribution in [0.2, 0.25) is 0 Å². The number of esters is 4. The van der Waals surface area contributed by atoms with Crippen molar-refractivity contribution in [2.75, 3.05) is 39.6 Å². The summed E-state index contributed by atoms with van der Waals surface area (Å²) in [6.07, 6.45) is 41.8. The van der Waals surface area contributed by atoms with Gasteiger partial charge in [-0.2, -0.15) is 0 Å². The molecule has 0 bridgehead atoms. The first-order valence-corrected chi connectivity index (χ1v) is 37.5. The summed E-state index contributed by atoms with van der Waals surface area (Å²) < 4.78 is 68.0. The lowest BCUT2D eigenvalue weighted by Crippen LogP contribution is -2.30. The summed E-state index contributed by atoms with van der Waals surface area (Å²) in [7, 11) is -9.88. The number of hydrogen-bond donors (Lipinski definition) is 3. The number of hydrogen-bond acceptors (Lipinski definition) is 15. The Morgan fingerprint density at radius 1 is 0.318 bits per heavy atom. The first-order valence-electron chi connectivity index (χ1n) is 34.5. The molecule has 0 rings (SSSR count). The van der Waals surface area contributed by atoms with Gasteiger partial charge in [-0.1, -0.05) is 279 Å². The van der Waals surface area contributed by atoms with Gasteiger partial charge in [-0.15, -0.1) is 0 Å². The molecule has 0 aliphatic carbocycles. The molecule has 0 aromatic heterocycles. The van der Waals surface area contributed by atoms with Gasteiger partial charge in [0.25, 0.3) is 0 Å². The third-order valence-corrected chi connectivity index (χ3v) is 17.1. The molecule has 85 heavy (non-hydrogen) atoms. The zero-order valence-electron chi connectivity index (χ0n) is 54.9. The normalized spacial score (nSPS) is 14.2. The van der Waals surface area contributed by atoms with Crippen molar-refractivity contribution >= 4 is 39.5 Å². The minimum absolute atomic E-state index is 0.106. The highest BCUT2D eigenvalue weighted by Gasteiger charge is 2.30. The van der Waals surface area contributed by atoms with Gasteiger partial charge in [0.05, 0.1) is 26.4 Å². The molecule has 0 saturated carbocycles. The number of aliphatic hydroxyl groups is 1. The third kappa shape index (κ3) is 60.7. The SMILES string of the molecule is CCCCCCCCCCCCC(=O)O[C@H](COC(=O)CCCCCCCCC)COP(=O)(O)OC[C@H](O)COP(=O)(O)OC[C@@H](COC(=O)CCCCCCCCCCC(C)C)OC(=O)CCCCCCCCCCCCCCCCC(C)C. The van der Waals surface area contributed by atoms with Gasteiger partial charge in [-0.05, 0) is 37.5 Å². The first-order chi connectivity index (χ1) is 40.9. The zero-order valence-corrected chi connectivity index (χ0v) is 56.7. The summed E-state index contributed by atoms with van der Waals surface area (Å²) in [6.45, 7) is 9.45. The molecule has 19 heteroatoms. The fourth-order valence-corrected chi connectivity index (χ4v) is 11.5. The van der Waals surface area contributed by atoms with E-state index in [2.05, 4.69) is 41.5 Å². The summed E-state index contributed by atoms with van der Waals surface area (Å²) in [5.41, 5.74) is 0. The lowest BCUT2D eigenvalue weighted by Gasteiger charge is -2.21. The van der Waals surface area contributed by atoms with Gasteiger partial charge in [0.15, 0.2) is 12.2 Å². The smallest absolute Gasteiger partial charge is 0.462 e. The van der Waals surface area contributed by atoms with E-state index in [9.17, 15) is 43.2 Å². The molecule has 0 aromatic rings.